The molecule has 0 unspecified atom stereocenters. The molecular formula is C24H26N4O2. The lowest BCUT2D eigenvalue weighted by Gasteiger charge is -2.35. The molecule has 1 saturated heterocycles. The third-order valence-corrected chi connectivity index (χ3v) is 5.38. The highest BCUT2D eigenvalue weighted by molar-refractivity contribution is 5.95. The molecule has 2 heterocycles. The standard InChI is InChI=1S/C24H26N4O2/c1-3-30-20-10-8-19(9-11-20)22-16-23(26-17-25-22)27-12-14-28(15-13-27)24(29)21-7-5-4-6-18(21)2/h4-11,16-17H,3,12-15H2,1-2H3. The maximum Gasteiger partial charge on any atom is 0.254 e. The molecule has 1 fully saturated rings. The molecule has 0 atom stereocenters. The normalized spacial score (nSPS) is 13.9. The highest BCUT2D eigenvalue weighted by Crippen LogP contribution is 2.24. The Kier molecular flexibility index (Phi) is 5.93. The van der Waals surface area contributed by atoms with Gasteiger partial charge < -0.3 is 14.5 Å². The number of aryl methyl sites for hydroxylation is 1. The number of anilines is 1. The summed E-state index contributed by atoms with van der Waals surface area (Å²) in [4.78, 5) is 25.9. The summed E-state index contributed by atoms with van der Waals surface area (Å²) in [6.07, 6.45) is 1.60. The molecule has 0 radical (unpaired) electrons. The monoisotopic (exact) mass is 402 g/mol. The Balaban J connectivity index is 1.43. The molecule has 0 saturated carbocycles. The number of hydrogen-bond donors (Lipinski definition) is 0. The SMILES string of the molecule is CCOc1ccc(-c2cc(N3CCN(C(=O)c4ccccc4C)CC3)ncn2)cc1. The van der Waals surface area contributed by atoms with Crippen LogP contribution in [-0.2, 0) is 0 Å². The number of carbonyl (C=O) groups is 1. The Morgan fingerprint density at radius 3 is 2.43 bits per heavy atom. The number of rotatable bonds is 5. The average Bonchev–Trinajstić information content (AvgIpc) is 2.80. The van der Waals surface area contributed by atoms with E-state index in [1.165, 1.54) is 0 Å². The van der Waals surface area contributed by atoms with Crippen LogP contribution in [0.5, 0.6) is 5.75 Å². The maximum atomic E-state index is 12.8. The van der Waals surface area contributed by atoms with Crippen molar-refractivity contribution in [1.82, 2.24) is 14.9 Å². The lowest BCUT2D eigenvalue weighted by molar-refractivity contribution is 0.0746. The number of hydrogen-bond acceptors (Lipinski definition) is 5. The van der Waals surface area contributed by atoms with Gasteiger partial charge in [-0.05, 0) is 49.7 Å². The van der Waals surface area contributed by atoms with Crippen LogP contribution in [0.1, 0.15) is 22.8 Å². The molecule has 2 aromatic carbocycles. The number of amides is 1. The van der Waals surface area contributed by atoms with Gasteiger partial charge in [-0.15, -0.1) is 0 Å². The van der Waals surface area contributed by atoms with Gasteiger partial charge in [-0.1, -0.05) is 18.2 Å². The number of benzene rings is 2. The van der Waals surface area contributed by atoms with E-state index in [4.69, 9.17) is 4.74 Å². The maximum absolute atomic E-state index is 12.8. The van der Waals surface area contributed by atoms with Gasteiger partial charge in [-0.2, -0.15) is 0 Å². The van der Waals surface area contributed by atoms with Gasteiger partial charge >= 0.3 is 0 Å². The van der Waals surface area contributed by atoms with E-state index in [0.717, 1.165) is 47.0 Å². The molecule has 0 spiro atoms. The highest BCUT2D eigenvalue weighted by atomic mass is 16.5. The van der Waals surface area contributed by atoms with Crippen molar-refractivity contribution >= 4 is 11.7 Å². The number of carbonyl (C=O) groups excluding carboxylic acids is 1. The van der Waals surface area contributed by atoms with E-state index >= 15 is 0 Å². The van der Waals surface area contributed by atoms with E-state index < -0.39 is 0 Å². The minimum atomic E-state index is 0.102. The van der Waals surface area contributed by atoms with Crippen molar-refractivity contribution in [3.8, 4) is 17.0 Å². The summed E-state index contributed by atoms with van der Waals surface area (Å²) >= 11 is 0. The molecule has 3 aromatic rings. The first kappa shape index (κ1) is 19.9. The van der Waals surface area contributed by atoms with E-state index in [1.54, 1.807) is 6.33 Å². The number of aromatic nitrogens is 2. The molecule has 0 bridgehead atoms. The predicted molar refractivity (Wildman–Crippen MR) is 118 cm³/mol. The van der Waals surface area contributed by atoms with Crippen LogP contribution >= 0.6 is 0 Å². The van der Waals surface area contributed by atoms with Gasteiger partial charge in [0.05, 0.1) is 12.3 Å². The van der Waals surface area contributed by atoms with Crippen molar-refractivity contribution in [3.63, 3.8) is 0 Å². The van der Waals surface area contributed by atoms with Crippen LogP contribution in [0.3, 0.4) is 0 Å². The Labute approximate surface area is 177 Å². The zero-order chi connectivity index (χ0) is 20.9. The van der Waals surface area contributed by atoms with E-state index in [1.807, 2.05) is 73.3 Å². The number of nitrogens with zero attached hydrogens (tertiary/aromatic N) is 4. The van der Waals surface area contributed by atoms with Crippen LogP contribution < -0.4 is 9.64 Å². The first-order chi connectivity index (χ1) is 14.7. The lowest BCUT2D eigenvalue weighted by atomic mass is 10.1. The zero-order valence-corrected chi connectivity index (χ0v) is 17.4. The van der Waals surface area contributed by atoms with Crippen LogP contribution in [0, 0.1) is 6.92 Å². The van der Waals surface area contributed by atoms with Crippen molar-refractivity contribution in [3.05, 3.63) is 72.1 Å². The molecule has 1 aliphatic heterocycles. The van der Waals surface area contributed by atoms with Crippen molar-refractivity contribution in [1.29, 1.82) is 0 Å². The van der Waals surface area contributed by atoms with E-state index in [9.17, 15) is 4.79 Å². The third-order valence-electron chi connectivity index (χ3n) is 5.38. The van der Waals surface area contributed by atoms with E-state index in [-0.39, 0.29) is 5.91 Å². The smallest absolute Gasteiger partial charge is 0.254 e. The molecule has 0 N–H and O–H groups in total. The van der Waals surface area contributed by atoms with Gasteiger partial charge in [-0.25, -0.2) is 9.97 Å². The lowest BCUT2D eigenvalue weighted by Crippen LogP contribution is -2.49. The minimum absolute atomic E-state index is 0.102. The summed E-state index contributed by atoms with van der Waals surface area (Å²) in [5.74, 6) is 1.84. The molecule has 4 rings (SSSR count). The van der Waals surface area contributed by atoms with Crippen LogP contribution in [0.2, 0.25) is 0 Å². The first-order valence-electron chi connectivity index (χ1n) is 10.3. The van der Waals surface area contributed by atoms with Crippen molar-refractivity contribution < 1.29 is 9.53 Å². The second kappa shape index (κ2) is 8.95. The van der Waals surface area contributed by atoms with Crippen molar-refractivity contribution in [2.24, 2.45) is 0 Å². The fourth-order valence-electron chi connectivity index (χ4n) is 3.69. The average molecular weight is 402 g/mol. The van der Waals surface area contributed by atoms with Gasteiger partial charge in [0.1, 0.15) is 17.9 Å². The number of piperazine rings is 1. The second-order valence-electron chi connectivity index (χ2n) is 7.31. The molecule has 0 aliphatic carbocycles. The van der Waals surface area contributed by atoms with Crippen LogP contribution in [-0.4, -0.2) is 53.6 Å². The van der Waals surface area contributed by atoms with Gasteiger partial charge in [0.25, 0.3) is 5.91 Å². The van der Waals surface area contributed by atoms with Gasteiger partial charge in [0.2, 0.25) is 0 Å². The molecule has 1 amide bonds. The second-order valence-corrected chi connectivity index (χ2v) is 7.31. The summed E-state index contributed by atoms with van der Waals surface area (Å²) in [6, 6.07) is 17.7. The largest absolute Gasteiger partial charge is 0.494 e. The molecule has 1 aliphatic rings. The topological polar surface area (TPSA) is 58.6 Å². The van der Waals surface area contributed by atoms with Crippen molar-refractivity contribution in [2.75, 3.05) is 37.7 Å². The van der Waals surface area contributed by atoms with E-state index in [0.29, 0.717) is 19.7 Å². The molecule has 6 nitrogen and oxygen atoms in total. The molecule has 30 heavy (non-hydrogen) atoms. The summed E-state index contributed by atoms with van der Waals surface area (Å²) < 4.78 is 5.51. The Hall–Kier alpha value is -3.41. The summed E-state index contributed by atoms with van der Waals surface area (Å²) in [5.41, 5.74) is 3.70. The third kappa shape index (κ3) is 4.27. The van der Waals surface area contributed by atoms with Crippen molar-refractivity contribution in [2.45, 2.75) is 13.8 Å². The summed E-state index contributed by atoms with van der Waals surface area (Å²) in [5, 5.41) is 0. The molecule has 1 aromatic heterocycles. The van der Waals surface area contributed by atoms with Crippen LogP contribution in [0.4, 0.5) is 5.82 Å². The summed E-state index contributed by atoms with van der Waals surface area (Å²) in [6.45, 7) is 7.45. The Morgan fingerprint density at radius 2 is 1.73 bits per heavy atom. The van der Waals surface area contributed by atoms with E-state index in [2.05, 4.69) is 14.9 Å². The Bertz CT molecular complexity index is 1010. The van der Waals surface area contributed by atoms with Crippen LogP contribution in [0.15, 0.2) is 60.9 Å². The molecule has 6 heteroatoms. The summed E-state index contributed by atoms with van der Waals surface area (Å²) in [7, 11) is 0. The fraction of sp³-hybridized carbons (Fsp3) is 0.292. The number of ether oxygens (including phenoxy) is 1. The minimum Gasteiger partial charge on any atom is -0.494 e. The fourth-order valence-corrected chi connectivity index (χ4v) is 3.69. The van der Waals surface area contributed by atoms with Crippen LogP contribution in [0.25, 0.3) is 11.3 Å². The van der Waals surface area contributed by atoms with Gasteiger partial charge in [-0.3, -0.25) is 4.79 Å². The predicted octanol–water partition coefficient (Wildman–Crippen LogP) is 3.81. The zero-order valence-electron chi connectivity index (χ0n) is 17.4. The quantitative estimate of drug-likeness (QED) is 0.649. The van der Waals surface area contributed by atoms with Gasteiger partial charge in [0, 0.05) is 43.4 Å². The van der Waals surface area contributed by atoms with Gasteiger partial charge in [0.15, 0.2) is 0 Å². The highest BCUT2D eigenvalue weighted by Gasteiger charge is 2.24. The Morgan fingerprint density at radius 1 is 1.00 bits per heavy atom. The molecular weight excluding hydrogens is 376 g/mol. The first-order valence-corrected chi connectivity index (χ1v) is 10.3. The molecule has 154 valence electrons.